The minimum Gasteiger partial charge on any atom is -0.497 e. The van der Waals surface area contributed by atoms with Crippen molar-refractivity contribution in [1.82, 2.24) is 0 Å². The van der Waals surface area contributed by atoms with Crippen LogP contribution in [0, 0.1) is 10.1 Å². The number of hydrogen-bond acceptors (Lipinski definition) is 7. The van der Waals surface area contributed by atoms with Gasteiger partial charge >= 0.3 is 6.18 Å². The molecule has 0 unspecified atom stereocenters. The Bertz CT molecular complexity index is 1250. The number of hydrogen-bond donors (Lipinski definition) is 1. The average molecular weight is 491 g/mol. The van der Waals surface area contributed by atoms with Crippen LogP contribution >= 0.6 is 0 Å². The minimum atomic E-state index is -4.60. The van der Waals surface area contributed by atoms with E-state index in [4.69, 9.17) is 13.9 Å². The number of rotatable bonds is 6. The van der Waals surface area contributed by atoms with Gasteiger partial charge in [0.15, 0.2) is 5.76 Å². The summed E-state index contributed by atoms with van der Waals surface area (Å²) >= 11 is 0. The summed E-state index contributed by atoms with van der Waals surface area (Å²) in [4.78, 5) is 25.6. The lowest BCUT2D eigenvalue weighted by Crippen LogP contribution is -2.36. The Hall–Kier alpha value is -4.06. The maximum absolute atomic E-state index is 13.3. The summed E-state index contributed by atoms with van der Waals surface area (Å²) in [5.74, 6) is -0.719. The number of carbonyl (C=O) groups excluding carboxylic acids is 1. The van der Waals surface area contributed by atoms with E-state index in [1.807, 2.05) is 4.90 Å². The zero-order valence-electron chi connectivity index (χ0n) is 18.4. The average Bonchev–Trinajstić information content (AvgIpc) is 3.34. The van der Waals surface area contributed by atoms with E-state index in [1.165, 1.54) is 43.5 Å². The van der Waals surface area contributed by atoms with Crippen LogP contribution in [-0.2, 0) is 10.9 Å². The molecule has 0 saturated carbocycles. The number of morpholine rings is 1. The molecule has 1 fully saturated rings. The lowest BCUT2D eigenvalue weighted by atomic mass is 10.1. The van der Waals surface area contributed by atoms with Gasteiger partial charge < -0.3 is 24.1 Å². The highest BCUT2D eigenvalue weighted by molar-refractivity contribution is 6.04. The van der Waals surface area contributed by atoms with E-state index in [0.717, 1.165) is 12.1 Å². The van der Waals surface area contributed by atoms with Crippen molar-refractivity contribution >= 4 is 23.0 Å². The molecule has 3 aromatic rings. The monoisotopic (exact) mass is 491 g/mol. The van der Waals surface area contributed by atoms with Gasteiger partial charge in [-0.3, -0.25) is 14.9 Å². The maximum Gasteiger partial charge on any atom is 0.416 e. The van der Waals surface area contributed by atoms with Crippen molar-refractivity contribution in [2.45, 2.75) is 6.18 Å². The first-order valence-electron chi connectivity index (χ1n) is 10.5. The molecule has 0 spiro atoms. The molecule has 0 aliphatic carbocycles. The van der Waals surface area contributed by atoms with Crippen molar-refractivity contribution in [3.63, 3.8) is 0 Å². The third-order valence-corrected chi connectivity index (χ3v) is 5.42. The first kappa shape index (κ1) is 24.1. The van der Waals surface area contributed by atoms with E-state index in [1.54, 1.807) is 0 Å². The molecule has 35 heavy (non-hydrogen) atoms. The van der Waals surface area contributed by atoms with Gasteiger partial charge in [0, 0.05) is 13.1 Å². The molecule has 184 valence electrons. The van der Waals surface area contributed by atoms with Gasteiger partial charge in [0.25, 0.3) is 11.6 Å². The smallest absolute Gasteiger partial charge is 0.416 e. The first-order chi connectivity index (χ1) is 16.7. The molecule has 4 rings (SSSR count). The van der Waals surface area contributed by atoms with E-state index < -0.39 is 22.6 Å². The number of halogens is 3. The summed E-state index contributed by atoms with van der Waals surface area (Å²) in [6, 6.07) is 9.92. The molecule has 1 amide bonds. The molecular weight excluding hydrogens is 471 g/mol. The number of nitro groups is 1. The number of carbonyl (C=O) groups is 1. The normalized spacial score (nSPS) is 14.0. The summed E-state index contributed by atoms with van der Waals surface area (Å²) in [6.45, 7) is 1.69. The number of anilines is 2. The number of alkyl halides is 3. The molecule has 2 heterocycles. The van der Waals surface area contributed by atoms with Gasteiger partial charge in [-0.15, -0.1) is 0 Å². The lowest BCUT2D eigenvalue weighted by molar-refractivity contribution is -0.384. The van der Waals surface area contributed by atoms with Crippen molar-refractivity contribution in [3.8, 4) is 17.1 Å². The molecule has 2 aromatic carbocycles. The topological polar surface area (TPSA) is 107 Å². The first-order valence-corrected chi connectivity index (χ1v) is 10.5. The highest BCUT2D eigenvalue weighted by Gasteiger charge is 2.32. The van der Waals surface area contributed by atoms with Crippen LogP contribution in [0.15, 0.2) is 52.9 Å². The Morgan fingerprint density at radius 3 is 2.51 bits per heavy atom. The van der Waals surface area contributed by atoms with Crippen LogP contribution in [0.1, 0.15) is 16.1 Å². The third-order valence-electron chi connectivity index (χ3n) is 5.42. The third kappa shape index (κ3) is 5.22. The highest BCUT2D eigenvalue weighted by atomic mass is 19.4. The number of nitrogens with zero attached hydrogens (tertiary/aromatic N) is 2. The Morgan fingerprint density at radius 2 is 1.86 bits per heavy atom. The lowest BCUT2D eigenvalue weighted by Gasteiger charge is -2.30. The van der Waals surface area contributed by atoms with Crippen LogP contribution in [0.5, 0.6) is 5.75 Å². The fourth-order valence-electron chi connectivity index (χ4n) is 3.68. The summed E-state index contributed by atoms with van der Waals surface area (Å²) < 4.78 is 55.8. The number of amides is 1. The van der Waals surface area contributed by atoms with E-state index in [-0.39, 0.29) is 34.2 Å². The van der Waals surface area contributed by atoms with Crippen molar-refractivity contribution in [1.29, 1.82) is 0 Å². The molecule has 1 aliphatic rings. The Morgan fingerprint density at radius 1 is 1.11 bits per heavy atom. The number of nitrogens with one attached hydrogen (secondary N) is 1. The van der Waals surface area contributed by atoms with Crippen LogP contribution < -0.4 is 15.0 Å². The van der Waals surface area contributed by atoms with Crippen molar-refractivity contribution < 1.29 is 36.8 Å². The zero-order valence-corrected chi connectivity index (χ0v) is 18.4. The van der Waals surface area contributed by atoms with E-state index in [0.29, 0.717) is 32.0 Å². The predicted octanol–water partition coefficient (Wildman–Crippen LogP) is 4.97. The van der Waals surface area contributed by atoms with Gasteiger partial charge in [0.2, 0.25) is 0 Å². The van der Waals surface area contributed by atoms with E-state index >= 15 is 0 Å². The largest absolute Gasteiger partial charge is 0.497 e. The second-order valence-electron chi connectivity index (χ2n) is 7.59. The molecule has 1 saturated heterocycles. The molecule has 0 atom stereocenters. The van der Waals surface area contributed by atoms with Gasteiger partial charge in [-0.25, -0.2) is 0 Å². The molecule has 12 heteroatoms. The van der Waals surface area contributed by atoms with Crippen LogP contribution in [-0.4, -0.2) is 44.2 Å². The van der Waals surface area contributed by atoms with Crippen LogP contribution in [0.4, 0.5) is 30.2 Å². The number of nitro benzene ring substituents is 1. The fraction of sp³-hybridized carbons (Fsp3) is 0.261. The summed E-state index contributed by atoms with van der Waals surface area (Å²) in [7, 11) is 1.37. The zero-order chi connectivity index (χ0) is 25.2. The Kier molecular flexibility index (Phi) is 6.65. The predicted molar refractivity (Wildman–Crippen MR) is 120 cm³/mol. The van der Waals surface area contributed by atoms with Gasteiger partial charge in [-0.1, -0.05) is 0 Å². The fourth-order valence-corrected chi connectivity index (χ4v) is 3.68. The van der Waals surface area contributed by atoms with Crippen LogP contribution in [0.25, 0.3) is 11.3 Å². The SMILES string of the molecule is COc1ccc(-c2ccc(C(=O)Nc3cc(C(F)(F)F)ccc3N3CCOCC3)o2)c([N+](=O)[O-])c1. The van der Waals surface area contributed by atoms with Gasteiger partial charge in [0.05, 0.1) is 53.8 Å². The molecule has 1 aromatic heterocycles. The maximum atomic E-state index is 13.3. The van der Waals surface area contributed by atoms with Gasteiger partial charge in [0.1, 0.15) is 11.5 Å². The Balaban J connectivity index is 1.64. The van der Waals surface area contributed by atoms with Crippen LogP contribution in [0.3, 0.4) is 0 Å². The molecule has 0 radical (unpaired) electrons. The molecule has 1 N–H and O–H groups in total. The molecular formula is C23H20F3N3O6. The summed E-state index contributed by atoms with van der Waals surface area (Å²) in [5, 5.41) is 14.0. The standard InChI is InChI=1S/C23H20F3N3O6/c1-33-15-3-4-16(19(13-15)29(31)32)20-6-7-21(35-20)22(30)27-17-12-14(23(24,25)26)2-5-18(17)28-8-10-34-11-9-28/h2-7,12-13H,8-11H2,1H3,(H,27,30). The number of furan rings is 1. The van der Waals surface area contributed by atoms with Gasteiger partial charge in [-0.05, 0) is 42.5 Å². The summed E-state index contributed by atoms with van der Waals surface area (Å²) in [5.41, 5.74) is -0.729. The van der Waals surface area contributed by atoms with E-state index in [9.17, 15) is 28.1 Å². The second kappa shape index (κ2) is 9.66. The van der Waals surface area contributed by atoms with Crippen molar-refractivity contribution in [2.24, 2.45) is 0 Å². The van der Waals surface area contributed by atoms with Crippen molar-refractivity contribution in [3.05, 3.63) is 70.0 Å². The minimum absolute atomic E-state index is 0.0416. The second-order valence-corrected chi connectivity index (χ2v) is 7.59. The highest BCUT2D eigenvalue weighted by Crippen LogP contribution is 2.37. The molecule has 1 aliphatic heterocycles. The molecule has 0 bridgehead atoms. The van der Waals surface area contributed by atoms with Crippen molar-refractivity contribution in [2.75, 3.05) is 43.6 Å². The number of ether oxygens (including phenoxy) is 2. The molecule has 9 nitrogen and oxygen atoms in total. The van der Waals surface area contributed by atoms with E-state index in [2.05, 4.69) is 5.32 Å². The Labute approximate surface area is 197 Å². The quantitative estimate of drug-likeness (QED) is 0.383. The number of benzene rings is 2. The van der Waals surface area contributed by atoms with Crippen LogP contribution in [0.2, 0.25) is 0 Å². The number of methoxy groups -OCH3 is 1. The summed E-state index contributed by atoms with van der Waals surface area (Å²) in [6.07, 6.45) is -4.60. The van der Waals surface area contributed by atoms with Gasteiger partial charge in [-0.2, -0.15) is 13.2 Å².